The van der Waals surface area contributed by atoms with Gasteiger partial charge in [-0.25, -0.2) is 0 Å². The van der Waals surface area contributed by atoms with Gasteiger partial charge in [-0.2, -0.15) is 5.26 Å². The van der Waals surface area contributed by atoms with Crippen molar-refractivity contribution in [1.82, 2.24) is 4.90 Å². The van der Waals surface area contributed by atoms with E-state index in [4.69, 9.17) is 9.47 Å². The molecule has 4 nitrogen and oxygen atoms in total. The van der Waals surface area contributed by atoms with E-state index in [2.05, 4.69) is 18.0 Å². The number of rotatable bonds is 3. The first-order chi connectivity index (χ1) is 9.79. The molecule has 1 saturated carbocycles. The molecule has 20 heavy (non-hydrogen) atoms. The van der Waals surface area contributed by atoms with E-state index in [0.717, 1.165) is 17.1 Å². The summed E-state index contributed by atoms with van der Waals surface area (Å²) in [7, 11) is 2.06. The number of nitriles is 1. The Bertz CT molecular complexity index is 518. The summed E-state index contributed by atoms with van der Waals surface area (Å²) >= 11 is 0. The van der Waals surface area contributed by atoms with Crippen molar-refractivity contribution < 1.29 is 9.47 Å². The van der Waals surface area contributed by atoms with Gasteiger partial charge in [0.15, 0.2) is 11.5 Å². The van der Waals surface area contributed by atoms with Crippen LogP contribution in [0.4, 0.5) is 0 Å². The van der Waals surface area contributed by atoms with E-state index >= 15 is 0 Å². The average molecular weight is 272 g/mol. The molecule has 1 unspecified atom stereocenters. The van der Waals surface area contributed by atoms with Crippen molar-refractivity contribution in [3.63, 3.8) is 0 Å². The normalized spacial score (nSPS) is 19.9. The first-order valence-electron chi connectivity index (χ1n) is 7.30. The lowest BCUT2D eigenvalue weighted by molar-refractivity contribution is 0.163. The first kappa shape index (κ1) is 13.3. The second-order valence-corrected chi connectivity index (χ2v) is 5.60. The number of hydrogen-bond donors (Lipinski definition) is 0. The summed E-state index contributed by atoms with van der Waals surface area (Å²) < 4.78 is 10.7. The number of nitrogens with zero attached hydrogens (tertiary/aromatic N) is 2. The lowest BCUT2D eigenvalue weighted by Crippen LogP contribution is -2.36. The van der Waals surface area contributed by atoms with Crippen LogP contribution in [0.15, 0.2) is 18.2 Å². The minimum atomic E-state index is -0.215. The van der Waals surface area contributed by atoms with E-state index in [1.54, 1.807) is 0 Å². The molecule has 1 aliphatic carbocycles. The Morgan fingerprint density at radius 2 is 1.95 bits per heavy atom. The Balaban J connectivity index is 1.80. The Hall–Kier alpha value is -1.73. The van der Waals surface area contributed by atoms with Crippen LogP contribution in [0, 0.1) is 11.3 Å². The second kappa shape index (κ2) is 5.72. The molecule has 0 N–H and O–H groups in total. The highest BCUT2D eigenvalue weighted by molar-refractivity contribution is 5.46. The van der Waals surface area contributed by atoms with Gasteiger partial charge in [0.2, 0.25) is 6.79 Å². The fourth-order valence-corrected chi connectivity index (χ4v) is 3.18. The smallest absolute Gasteiger partial charge is 0.231 e. The number of benzene rings is 1. The predicted molar refractivity (Wildman–Crippen MR) is 75.6 cm³/mol. The maximum Gasteiger partial charge on any atom is 0.231 e. The maximum absolute atomic E-state index is 9.57. The Morgan fingerprint density at radius 1 is 1.20 bits per heavy atom. The first-order valence-corrected chi connectivity index (χ1v) is 7.30. The van der Waals surface area contributed by atoms with Crippen molar-refractivity contribution in [3.05, 3.63) is 23.8 Å². The molecule has 0 aromatic heterocycles. The molecule has 0 saturated heterocycles. The molecule has 1 fully saturated rings. The van der Waals surface area contributed by atoms with Crippen molar-refractivity contribution in [3.8, 4) is 17.6 Å². The zero-order valence-electron chi connectivity index (χ0n) is 11.8. The molecule has 2 aliphatic rings. The van der Waals surface area contributed by atoms with Crippen molar-refractivity contribution in [2.75, 3.05) is 13.8 Å². The molecule has 1 heterocycles. The van der Waals surface area contributed by atoms with Gasteiger partial charge in [-0.3, -0.25) is 4.90 Å². The lowest BCUT2D eigenvalue weighted by atomic mass is 9.92. The van der Waals surface area contributed by atoms with Crippen molar-refractivity contribution in [2.45, 2.75) is 44.2 Å². The largest absolute Gasteiger partial charge is 0.454 e. The van der Waals surface area contributed by atoms with Crippen molar-refractivity contribution >= 4 is 0 Å². The van der Waals surface area contributed by atoms with E-state index in [1.165, 1.54) is 32.1 Å². The third-order valence-corrected chi connectivity index (χ3v) is 4.39. The zero-order valence-corrected chi connectivity index (χ0v) is 11.8. The molecule has 3 rings (SSSR count). The standard InChI is InChI=1S/C16H20N2O2/c1-18(13-5-3-2-4-6-13)14(10-17)12-7-8-15-16(9-12)20-11-19-15/h7-9,13-14H,2-6,11H2,1H3. The molecular weight excluding hydrogens is 252 g/mol. The maximum atomic E-state index is 9.57. The molecule has 0 radical (unpaired) electrons. The van der Waals surface area contributed by atoms with Crippen LogP contribution in [-0.4, -0.2) is 24.8 Å². The van der Waals surface area contributed by atoms with Crippen molar-refractivity contribution in [1.29, 1.82) is 5.26 Å². The van der Waals surface area contributed by atoms with Gasteiger partial charge in [-0.1, -0.05) is 25.3 Å². The summed E-state index contributed by atoms with van der Waals surface area (Å²) in [5.74, 6) is 1.52. The summed E-state index contributed by atoms with van der Waals surface area (Å²) in [6, 6.07) is 8.55. The van der Waals surface area contributed by atoms with Gasteiger partial charge in [0.05, 0.1) is 6.07 Å². The van der Waals surface area contributed by atoms with E-state index in [1.807, 2.05) is 18.2 Å². The molecule has 106 valence electrons. The fourth-order valence-electron chi connectivity index (χ4n) is 3.18. The fraction of sp³-hybridized carbons (Fsp3) is 0.562. The molecule has 4 heteroatoms. The van der Waals surface area contributed by atoms with Crippen LogP contribution in [-0.2, 0) is 0 Å². The van der Waals surface area contributed by atoms with Crippen LogP contribution in [0.5, 0.6) is 11.5 Å². The van der Waals surface area contributed by atoms with Crippen LogP contribution in [0.3, 0.4) is 0 Å². The molecule has 1 aliphatic heterocycles. The molecular formula is C16H20N2O2. The van der Waals surface area contributed by atoms with Crippen LogP contribution in [0.25, 0.3) is 0 Å². The molecule has 0 bridgehead atoms. The van der Waals surface area contributed by atoms with E-state index in [-0.39, 0.29) is 12.8 Å². The number of ether oxygens (including phenoxy) is 2. The molecule has 0 spiro atoms. The van der Waals surface area contributed by atoms with Gasteiger partial charge in [-0.05, 0) is 37.6 Å². The van der Waals surface area contributed by atoms with Gasteiger partial charge in [0.1, 0.15) is 6.04 Å². The van der Waals surface area contributed by atoms with Gasteiger partial charge in [0, 0.05) is 6.04 Å². The number of hydrogen-bond acceptors (Lipinski definition) is 4. The Morgan fingerprint density at radius 3 is 2.70 bits per heavy atom. The SMILES string of the molecule is CN(C1CCCCC1)C(C#N)c1ccc2c(c1)OCO2. The van der Waals surface area contributed by atoms with Crippen LogP contribution in [0.1, 0.15) is 43.7 Å². The molecule has 0 amide bonds. The van der Waals surface area contributed by atoms with Crippen LogP contribution >= 0.6 is 0 Å². The summed E-state index contributed by atoms with van der Waals surface area (Å²) in [6.45, 7) is 0.272. The Kier molecular flexibility index (Phi) is 3.79. The number of fused-ring (bicyclic) bond motifs is 1. The van der Waals surface area contributed by atoms with Crippen molar-refractivity contribution in [2.24, 2.45) is 0 Å². The second-order valence-electron chi connectivity index (χ2n) is 5.60. The van der Waals surface area contributed by atoms with Gasteiger partial charge < -0.3 is 9.47 Å². The van der Waals surface area contributed by atoms with Gasteiger partial charge in [-0.15, -0.1) is 0 Å². The topological polar surface area (TPSA) is 45.5 Å². The Labute approximate surface area is 119 Å². The monoisotopic (exact) mass is 272 g/mol. The highest BCUT2D eigenvalue weighted by atomic mass is 16.7. The van der Waals surface area contributed by atoms with E-state index < -0.39 is 0 Å². The van der Waals surface area contributed by atoms with E-state index in [0.29, 0.717) is 6.04 Å². The van der Waals surface area contributed by atoms with Crippen LogP contribution < -0.4 is 9.47 Å². The summed E-state index contributed by atoms with van der Waals surface area (Å²) in [5, 5.41) is 9.57. The lowest BCUT2D eigenvalue weighted by Gasteiger charge is -2.34. The molecule has 1 atom stereocenters. The van der Waals surface area contributed by atoms with Gasteiger partial charge >= 0.3 is 0 Å². The summed E-state index contributed by atoms with van der Waals surface area (Å²) in [5.41, 5.74) is 0.991. The summed E-state index contributed by atoms with van der Waals surface area (Å²) in [4.78, 5) is 2.22. The summed E-state index contributed by atoms with van der Waals surface area (Å²) in [6.07, 6.45) is 6.26. The van der Waals surface area contributed by atoms with E-state index in [9.17, 15) is 5.26 Å². The van der Waals surface area contributed by atoms with Crippen LogP contribution in [0.2, 0.25) is 0 Å². The molecule has 1 aromatic carbocycles. The highest BCUT2D eigenvalue weighted by Gasteiger charge is 2.27. The minimum Gasteiger partial charge on any atom is -0.454 e. The third kappa shape index (κ3) is 2.46. The average Bonchev–Trinajstić information content (AvgIpc) is 2.96. The predicted octanol–water partition coefficient (Wildman–Crippen LogP) is 3.24. The zero-order chi connectivity index (χ0) is 13.9. The molecule has 1 aromatic rings. The quantitative estimate of drug-likeness (QED) is 0.847. The van der Waals surface area contributed by atoms with Gasteiger partial charge in [0.25, 0.3) is 0 Å². The highest BCUT2D eigenvalue weighted by Crippen LogP contribution is 2.36. The minimum absolute atomic E-state index is 0.215. The third-order valence-electron chi connectivity index (χ3n) is 4.39.